The zero-order chi connectivity index (χ0) is 9.14. The van der Waals surface area contributed by atoms with Crippen molar-refractivity contribution in [1.29, 1.82) is 0 Å². The first kappa shape index (κ1) is 8.39. The minimum Gasteiger partial charge on any atom is -0.495 e. The van der Waals surface area contributed by atoms with Crippen molar-refractivity contribution >= 4 is 17.7 Å². The van der Waals surface area contributed by atoms with Crippen LogP contribution in [0.4, 0.5) is 11.4 Å². The van der Waals surface area contributed by atoms with Gasteiger partial charge in [0, 0.05) is 17.3 Å². The van der Waals surface area contributed by atoms with Crippen molar-refractivity contribution in [2.45, 2.75) is 0 Å². The Labute approximate surface area is 70.1 Å². The summed E-state index contributed by atoms with van der Waals surface area (Å²) in [6.45, 7) is 0. The van der Waals surface area contributed by atoms with Crippen molar-refractivity contribution in [3.63, 3.8) is 0 Å². The second-order valence-corrected chi connectivity index (χ2v) is 2.34. The summed E-state index contributed by atoms with van der Waals surface area (Å²) in [7, 11) is 1.49. The number of ether oxygens (including phenoxy) is 1. The molecule has 0 aliphatic carbocycles. The van der Waals surface area contributed by atoms with Crippen LogP contribution in [0.2, 0.25) is 0 Å². The zero-order valence-corrected chi connectivity index (χ0v) is 6.70. The van der Waals surface area contributed by atoms with Gasteiger partial charge < -0.3 is 16.2 Å². The van der Waals surface area contributed by atoms with Gasteiger partial charge in [-0.3, -0.25) is 4.79 Å². The lowest BCUT2D eigenvalue weighted by Gasteiger charge is -2.06. The van der Waals surface area contributed by atoms with Crippen molar-refractivity contribution in [1.82, 2.24) is 0 Å². The predicted molar refractivity (Wildman–Crippen MR) is 47.2 cm³/mol. The molecule has 4 nitrogen and oxygen atoms in total. The number of nitrogen functional groups attached to an aromatic ring is 2. The second-order valence-electron chi connectivity index (χ2n) is 2.34. The Kier molecular flexibility index (Phi) is 2.19. The third kappa shape index (κ3) is 1.32. The van der Waals surface area contributed by atoms with E-state index in [9.17, 15) is 4.79 Å². The lowest BCUT2D eigenvalue weighted by atomic mass is 10.1. The Morgan fingerprint density at radius 1 is 1.33 bits per heavy atom. The molecule has 4 heteroatoms. The molecule has 0 amide bonds. The van der Waals surface area contributed by atoms with Gasteiger partial charge in [-0.1, -0.05) is 0 Å². The Balaban J connectivity index is 3.25. The molecule has 0 unspecified atom stereocenters. The quantitative estimate of drug-likeness (QED) is 0.500. The molecule has 0 aromatic heterocycles. The van der Waals surface area contributed by atoms with Crippen molar-refractivity contribution in [3.05, 3.63) is 17.7 Å². The highest BCUT2D eigenvalue weighted by atomic mass is 16.5. The SMILES string of the molecule is COc1cc(N)c(C=O)cc1N. The summed E-state index contributed by atoms with van der Waals surface area (Å²) in [5, 5.41) is 0. The molecule has 1 rings (SSSR count). The molecule has 1 aromatic rings. The van der Waals surface area contributed by atoms with Crippen LogP contribution in [0.1, 0.15) is 10.4 Å². The van der Waals surface area contributed by atoms with Crippen molar-refractivity contribution in [2.24, 2.45) is 0 Å². The van der Waals surface area contributed by atoms with E-state index in [0.717, 1.165) is 0 Å². The molecule has 64 valence electrons. The van der Waals surface area contributed by atoms with E-state index in [1.165, 1.54) is 19.2 Å². The van der Waals surface area contributed by atoms with Crippen LogP contribution in [0.3, 0.4) is 0 Å². The van der Waals surface area contributed by atoms with E-state index in [4.69, 9.17) is 16.2 Å². The fourth-order valence-electron chi connectivity index (χ4n) is 0.909. The third-order valence-corrected chi connectivity index (χ3v) is 1.56. The molecule has 0 aliphatic heterocycles. The topological polar surface area (TPSA) is 78.3 Å². The molecule has 0 saturated heterocycles. The van der Waals surface area contributed by atoms with Crippen molar-refractivity contribution in [3.8, 4) is 5.75 Å². The smallest absolute Gasteiger partial charge is 0.152 e. The molecule has 0 fully saturated rings. The third-order valence-electron chi connectivity index (χ3n) is 1.56. The summed E-state index contributed by atoms with van der Waals surface area (Å²) in [5.74, 6) is 0.484. The summed E-state index contributed by atoms with van der Waals surface area (Å²) in [6.07, 6.45) is 0.658. The molecule has 0 bridgehead atoms. The van der Waals surface area contributed by atoms with Crippen molar-refractivity contribution < 1.29 is 9.53 Å². The number of carbonyl (C=O) groups excluding carboxylic acids is 1. The number of hydrogen-bond acceptors (Lipinski definition) is 4. The predicted octanol–water partition coefficient (Wildman–Crippen LogP) is 0.672. The van der Waals surface area contributed by atoms with Gasteiger partial charge in [-0.25, -0.2) is 0 Å². The highest BCUT2D eigenvalue weighted by Gasteiger charge is 2.04. The first-order chi connectivity index (χ1) is 5.69. The van der Waals surface area contributed by atoms with Gasteiger partial charge in [0.05, 0.1) is 12.8 Å². The fourth-order valence-corrected chi connectivity index (χ4v) is 0.909. The largest absolute Gasteiger partial charge is 0.495 e. The first-order valence-corrected chi connectivity index (χ1v) is 3.37. The summed E-state index contributed by atoms with van der Waals surface area (Å²) >= 11 is 0. The lowest BCUT2D eigenvalue weighted by Crippen LogP contribution is -1.98. The maximum Gasteiger partial charge on any atom is 0.152 e. The highest BCUT2D eigenvalue weighted by molar-refractivity contribution is 5.86. The summed E-state index contributed by atoms with van der Waals surface area (Å²) in [4.78, 5) is 10.4. The standard InChI is InChI=1S/C8H10N2O2/c1-12-8-3-6(9)5(4-11)2-7(8)10/h2-4H,9-10H2,1H3. The number of rotatable bonds is 2. The molecular weight excluding hydrogens is 156 g/mol. The summed E-state index contributed by atoms with van der Waals surface area (Å²) in [6, 6.07) is 3.01. The van der Waals surface area contributed by atoms with E-state index in [0.29, 0.717) is 29.0 Å². The Hall–Kier alpha value is -1.71. The number of hydrogen-bond donors (Lipinski definition) is 2. The van der Waals surface area contributed by atoms with Crippen LogP contribution in [0.5, 0.6) is 5.75 Å². The average Bonchev–Trinajstić information content (AvgIpc) is 2.08. The van der Waals surface area contributed by atoms with E-state index in [1.807, 2.05) is 0 Å². The molecular formula is C8H10N2O2. The van der Waals surface area contributed by atoms with Gasteiger partial charge in [0.25, 0.3) is 0 Å². The molecule has 0 radical (unpaired) electrons. The van der Waals surface area contributed by atoms with E-state index < -0.39 is 0 Å². The van der Waals surface area contributed by atoms with Gasteiger partial charge in [-0.15, -0.1) is 0 Å². The van der Waals surface area contributed by atoms with Crippen LogP contribution in [-0.2, 0) is 0 Å². The van der Waals surface area contributed by atoms with Gasteiger partial charge >= 0.3 is 0 Å². The maximum atomic E-state index is 10.4. The monoisotopic (exact) mass is 166 g/mol. The van der Waals surface area contributed by atoms with E-state index in [2.05, 4.69) is 0 Å². The summed E-state index contributed by atoms with van der Waals surface area (Å²) < 4.78 is 4.90. The fraction of sp³-hybridized carbons (Fsp3) is 0.125. The number of anilines is 2. The first-order valence-electron chi connectivity index (χ1n) is 3.37. The Morgan fingerprint density at radius 3 is 2.50 bits per heavy atom. The molecule has 12 heavy (non-hydrogen) atoms. The van der Waals surface area contributed by atoms with E-state index in [1.54, 1.807) is 0 Å². The Morgan fingerprint density at radius 2 is 2.00 bits per heavy atom. The van der Waals surface area contributed by atoms with Gasteiger partial charge in [-0.05, 0) is 6.07 Å². The highest BCUT2D eigenvalue weighted by Crippen LogP contribution is 2.26. The molecule has 0 spiro atoms. The minimum atomic E-state index is 0.371. The number of methoxy groups -OCH3 is 1. The van der Waals surface area contributed by atoms with E-state index >= 15 is 0 Å². The normalized spacial score (nSPS) is 9.42. The Bertz CT molecular complexity index is 310. The van der Waals surface area contributed by atoms with Crippen molar-refractivity contribution in [2.75, 3.05) is 18.6 Å². The average molecular weight is 166 g/mol. The van der Waals surface area contributed by atoms with Gasteiger partial charge in [0.2, 0.25) is 0 Å². The number of benzene rings is 1. The number of carbonyl (C=O) groups is 1. The van der Waals surface area contributed by atoms with Crippen LogP contribution < -0.4 is 16.2 Å². The molecule has 4 N–H and O–H groups in total. The van der Waals surface area contributed by atoms with Gasteiger partial charge in [-0.2, -0.15) is 0 Å². The lowest BCUT2D eigenvalue weighted by molar-refractivity contribution is 0.112. The molecule has 0 heterocycles. The molecule has 0 aliphatic rings. The molecule has 1 aromatic carbocycles. The molecule has 0 saturated carbocycles. The number of nitrogens with two attached hydrogens (primary N) is 2. The van der Waals surface area contributed by atoms with Crippen LogP contribution in [0.15, 0.2) is 12.1 Å². The minimum absolute atomic E-state index is 0.371. The molecule has 0 atom stereocenters. The summed E-state index contributed by atoms with van der Waals surface area (Å²) in [5.41, 5.74) is 12.2. The van der Waals surface area contributed by atoms with Crippen LogP contribution in [0.25, 0.3) is 0 Å². The van der Waals surface area contributed by atoms with Crippen LogP contribution in [-0.4, -0.2) is 13.4 Å². The van der Waals surface area contributed by atoms with Crippen LogP contribution >= 0.6 is 0 Å². The maximum absolute atomic E-state index is 10.4. The van der Waals surface area contributed by atoms with Gasteiger partial charge in [0.15, 0.2) is 6.29 Å². The van der Waals surface area contributed by atoms with Crippen LogP contribution in [0, 0.1) is 0 Å². The van der Waals surface area contributed by atoms with Gasteiger partial charge in [0.1, 0.15) is 5.75 Å². The number of aldehydes is 1. The zero-order valence-electron chi connectivity index (χ0n) is 6.70. The second kappa shape index (κ2) is 3.13. The van der Waals surface area contributed by atoms with E-state index in [-0.39, 0.29) is 0 Å².